The van der Waals surface area contributed by atoms with E-state index in [4.69, 9.17) is 4.74 Å². The van der Waals surface area contributed by atoms with Crippen molar-refractivity contribution in [3.63, 3.8) is 0 Å². The Labute approximate surface area is 157 Å². The fourth-order valence-electron chi connectivity index (χ4n) is 3.24. The van der Waals surface area contributed by atoms with Gasteiger partial charge in [-0.05, 0) is 19.4 Å². The summed E-state index contributed by atoms with van der Waals surface area (Å²) >= 11 is 0. The van der Waals surface area contributed by atoms with Crippen molar-refractivity contribution in [1.82, 2.24) is 19.7 Å². The lowest BCUT2D eigenvalue weighted by Crippen LogP contribution is -2.35. The third kappa shape index (κ3) is 3.93. The first-order chi connectivity index (χ1) is 13.0. The lowest BCUT2D eigenvalue weighted by Gasteiger charge is -2.09. The van der Waals surface area contributed by atoms with Crippen molar-refractivity contribution in [1.29, 1.82) is 0 Å². The number of fused-ring (bicyclic) bond motifs is 1. The largest absolute Gasteiger partial charge is 0.383 e. The van der Waals surface area contributed by atoms with E-state index in [0.29, 0.717) is 25.1 Å². The summed E-state index contributed by atoms with van der Waals surface area (Å²) in [4.78, 5) is 24.9. The van der Waals surface area contributed by atoms with E-state index in [0.717, 1.165) is 22.3 Å². The molecule has 3 aromatic rings. The smallest absolute Gasteiger partial charge is 0.276 e. The van der Waals surface area contributed by atoms with Crippen molar-refractivity contribution < 1.29 is 9.53 Å². The van der Waals surface area contributed by atoms with Crippen molar-refractivity contribution >= 4 is 16.7 Å². The van der Waals surface area contributed by atoms with Gasteiger partial charge in [0.2, 0.25) is 5.91 Å². The molecule has 3 rings (SSSR count). The van der Waals surface area contributed by atoms with Crippen LogP contribution < -0.4 is 10.9 Å². The van der Waals surface area contributed by atoms with Gasteiger partial charge in [0.05, 0.1) is 18.2 Å². The number of carbonyl (C=O) groups excluding carboxylic acids is 1. The molecule has 7 heteroatoms. The predicted molar refractivity (Wildman–Crippen MR) is 104 cm³/mol. The molecule has 7 nitrogen and oxygen atoms in total. The molecule has 2 heterocycles. The average molecular weight is 368 g/mol. The maximum atomic E-state index is 12.9. The SMILES string of the molecule is COCCNC(=O)Cn1ncc2c(C)n(Cc3ccccc3)c(C)c2c1=O. The first kappa shape index (κ1) is 18.8. The molecule has 0 saturated heterocycles. The average Bonchev–Trinajstić information content (AvgIpc) is 2.90. The Morgan fingerprint density at radius 3 is 2.63 bits per heavy atom. The van der Waals surface area contributed by atoms with Crippen LogP contribution in [0.1, 0.15) is 17.0 Å². The van der Waals surface area contributed by atoms with Crippen LogP contribution >= 0.6 is 0 Å². The molecular weight excluding hydrogens is 344 g/mol. The summed E-state index contributed by atoms with van der Waals surface area (Å²) in [6.07, 6.45) is 1.67. The molecular formula is C20H24N4O3. The predicted octanol–water partition coefficient (Wildman–Crippen LogP) is 1.63. The second-order valence-electron chi connectivity index (χ2n) is 6.48. The van der Waals surface area contributed by atoms with Crippen LogP contribution in [0.4, 0.5) is 0 Å². The van der Waals surface area contributed by atoms with Crippen molar-refractivity contribution in [2.45, 2.75) is 26.9 Å². The normalized spacial score (nSPS) is 11.1. The highest BCUT2D eigenvalue weighted by atomic mass is 16.5. The Hall–Kier alpha value is -2.93. The molecule has 0 spiro atoms. The summed E-state index contributed by atoms with van der Waals surface area (Å²) in [6, 6.07) is 10.1. The molecule has 0 bridgehead atoms. The van der Waals surface area contributed by atoms with E-state index < -0.39 is 0 Å². The second kappa shape index (κ2) is 8.18. The number of methoxy groups -OCH3 is 1. The maximum Gasteiger partial charge on any atom is 0.276 e. The number of nitrogens with zero attached hydrogens (tertiary/aromatic N) is 3. The van der Waals surface area contributed by atoms with Gasteiger partial charge < -0.3 is 14.6 Å². The Bertz CT molecular complexity index is 1010. The number of rotatable bonds is 7. The number of nitrogens with one attached hydrogen (secondary N) is 1. The lowest BCUT2D eigenvalue weighted by atomic mass is 10.2. The maximum absolute atomic E-state index is 12.9. The van der Waals surface area contributed by atoms with Crippen LogP contribution in [0.25, 0.3) is 10.8 Å². The van der Waals surface area contributed by atoms with E-state index in [1.54, 1.807) is 13.3 Å². The number of hydrogen-bond donors (Lipinski definition) is 1. The van der Waals surface area contributed by atoms with Crippen LogP contribution in [0.2, 0.25) is 0 Å². The van der Waals surface area contributed by atoms with E-state index in [1.807, 2.05) is 32.0 Å². The highest BCUT2D eigenvalue weighted by Crippen LogP contribution is 2.23. The minimum absolute atomic E-state index is 0.110. The highest BCUT2D eigenvalue weighted by molar-refractivity contribution is 5.87. The number of aryl methyl sites for hydroxylation is 2. The molecule has 0 unspecified atom stereocenters. The molecule has 0 aliphatic heterocycles. The summed E-state index contributed by atoms with van der Waals surface area (Å²) in [5.74, 6) is -0.265. The zero-order chi connectivity index (χ0) is 19.4. The van der Waals surface area contributed by atoms with E-state index in [2.05, 4.69) is 27.1 Å². The number of carbonyl (C=O) groups is 1. The Kier molecular flexibility index (Phi) is 5.71. The lowest BCUT2D eigenvalue weighted by molar-refractivity contribution is -0.122. The zero-order valence-electron chi connectivity index (χ0n) is 15.9. The van der Waals surface area contributed by atoms with Gasteiger partial charge in [-0.3, -0.25) is 9.59 Å². The van der Waals surface area contributed by atoms with E-state index >= 15 is 0 Å². The van der Waals surface area contributed by atoms with E-state index in [9.17, 15) is 9.59 Å². The van der Waals surface area contributed by atoms with Gasteiger partial charge in [-0.2, -0.15) is 5.10 Å². The number of aromatic nitrogens is 3. The summed E-state index contributed by atoms with van der Waals surface area (Å²) in [5, 5.41) is 8.34. The Morgan fingerprint density at radius 1 is 1.19 bits per heavy atom. The third-order valence-electron chi connectivity index (χ3n) is 4.71. The van der Waals surface area contributed by atoms with Crippen LogP contribution in [0.5, 0.6) is 0 Å². The van der Waals surface area contributed by atoms with Gasteiger partial charge in [0.15, 0.2) is 0 Å². The first-order valence-electron chi connectivity index (χ1n) is 8.88. The van der Waals surface area contributed by atoms with Gasteiger partial charge >= 0.3 is 0 Å². The second-order valence-corrected chi connectivity index (χ2v) is 6.48. The van der Waals surface area contributed by atoms with E-state index in [-0.39, 0.29) is 18.0 Å². The summed E-state index contributed by atoms with van der Waals surface area (Å²) < 4.78 is 8.23. The topological polar surface area (TPSA) is 78.2 Å². The molecule has 142 valence electrons. The standard InChI is InChI=1S/C20H24N4O3/c1-14-17-11-22-24(13-18(25)21-9-10-27-3)20(26)19(17)15(2)23(14)12-16-7-5-4-6-8-16/h4-8,11H,9-10,12-13H2,1-3H3,(H,21,25). The Morgan fingerprint density at radius 2 is 1.93 bits per heavy atom. The van der Waals surface area contributed by atoms with E-state index in [1.165, 1.54) is 4.68 Å². The monoisotopic (exact) mass is 368 g/mol. The van der Waals surface area contributed by atoms with Gasteiger partial charge in [0.25, 0.3) is 5.56 Å². The molecule has 0 radical (unpaired) electrons. The minimum Gasteiger partial charge on any atom is -0.383 e. The zero-order valence-corrected chi connectivity index (χ0v) is 15.9. The molecule has 27 heavy (non-hydrogen) atoms. The number of benzene rings is 1. The van der Waals surface area contributed by atoms with Gasteiger partial charge in [0, 0.05) is 37.0 Å². The molecule has 0 atom stereocenters. The van der Waals surface area contributed by atoms with Crippen LogP contribution in [0, 0.1) is 13.8 Å². The number of hydrogen-bond acceptors (Lipinski definition) is 4. The molecule has 1 aromatic carbocycles. The van der Waals surface area contributed by atoms with Gasteiger partial charge in [-0.15, -0.1) is 0 Å². The van der Waals surface area contributed by atoms with Gasteiger partial charge in [-0.25, -0.2) is 4.68 Å². The van der Waals surface area contributed by atoms with Crippen LogP contribution in [0.15, 0.2) is 41.3 Å². The fraction of sp³-hybridized carbons (Fsp3) is 0.350. The number of ether oxygens (including phenoxy) is 1. The Balaban J connectivity index is 1.93. The molecule has 1 amide bonds. The third-order valence-corrected chi connectivity index (χ3v) is 4.71. The van der Waals surface area contributed by atoms with Crippen LogP contribution in [0.3, 0.4) is 0 Å². The molecule has 0 saturated carbocycles. The van der Waals surface area contributed by atoms with Gasteiger partial charge in [-0.1, -0.05) is 30.3 Å². The summed E-state index contributed by atoms with van der Waals surface area (Å²) in [5.41, 5.74) is 2.79. The molecule has 2 aromatic heterocycles. The molecule has 0 fully saturated rings. The van der Waals surface area contributed by atoms with Crippen molar-refractivity contribution in [2.24, 2.45) is 0 Å². The van der Waals surface area contributed by atoms with Crippen molar-refractivity contribution in [3.05, 3.63) is 63.8 Å². The fourth-order valence-corrected chi connectivity index (χ4v) is 3.24. The molecule has 0 aliphatic rings. The minimum atomic E-state index is -0.265. The summed E-state index contributed by atoms with van der Waals surface area (Å²) in [7, 11) is 1.57. The molecule has 0 aliphatic carbocycles. The summed E-state index contributed by atoms with van der Waals surface area (Å²) in [6.45, 7) is 5.32. The quantitative estimate of drug-likeness (QED) is 0.643. The van der Waals surface area contributed by atoms with Crippen molar-refractivity contribution in [3.8, 4) is 0 Å². The molecule has 1 N–H and O–H groups in total. The van der Waals surface area contributed by atoms with Crippen LogP contribution in [-0.4, -0.2) is 40.5 Å². The van der Waals surface area contributed by atoms with Crippen LogP contribution in [-0.2, 0) is 22.6 Å². The van der Waals surface area contributed by atoms with Crippen molar-refractivity contribution in [2.75, 3.05) is 20.3 Å². The van der Waals surface area contributed by atoms with Gasteiger partial charge in [0.1, 0.15) is 6.54 Å². The highest BCUT2D eigenvalue weighted by Gasteiger charge is 2.17. The first-order valence-corrected chi connectivity index (χ1v) is 8.88. The number of amides is 1.